The summed E-state index contributed by atoms with van der Waals surface area (Å²) in [5, 5.41) is 3.05. The molecule has 1 amide bonds. The molecule has 5 heteroatoms. The molecule has 0 aromatic heterocycles. The smallest absolute Gasteiger partial charge is 0.223 e. The monoisotopic (exact) mass is 374 g/mol. The average Bonchev–Trinajstić information content (AvgIpc) is 2.66. The highest BCUT2D eigenvalue weighted by Gasteiger charge is 2.24. The highest BCUT2D eigenvalue weighted by molar-refractivity contribution is 5.85. The second kappa shape index (κ2) is 9.60. The molecule has 0 spiro atoms. The van der Waals surface area contributed by atoms with E-state index in [0.717, 1.165) is 48.1 Å². The SMILES string of the molecule is COc1ccc(-c2ccc(CNC(=O)C3CCCC(N)C3)cc2)cc1.Cl. The van der Waals surface area contributed by atoms with E-state index in [1.54, 1.807) is 7.11 Å². The van der Waals surface area contributed by atoms with E-state index in [4.69, 9.17) is 10.5 Å². The molecular weight excluding hydrogens is 348 g/mol. The summed E-state index contributed by atoms with van der Waals surface area (Å²) in [6, 6.07) is 16.5. The molecule has 3 rings (SSSR count). The van der Waals surface area contributed by atoms with Gasteiger partial charge in [0.15, 0.2) is 0 Å². The Morgan fingerprint density at radius 3 is 2.27 bits per heavy atom. The Morgan fingerprint density at radius 2 is 1.69 bits per heavy atom. The van der Waals surface area contributed by atoms with Gasteiger partial charge in [-0.15, -0.1) is 12.4 Å². The van der Waals surface area contributed by atoms with E-state index in [1.165, 1.54) is 0 Å². The molecular formula is C21H27ClN2O2. The molecule has 0 bridgehead atoms. The number of benzene rings is 2. The molecule has 1 aliphatic carbocycles. The fraction of sp³-hybridized carbons (Fsp3) is 0.381. The molecule has 26 heavy (non-hydrogen) atoms. The molecule has 1 aliphatic rings. The van der Waals surface area contributed by atoms with Crippen molar-refractivity contribution in [1.29, 1.82) is 0 Å². The van der Waals surface area contributed by atoms with E-state index in [9.17, 15) is 4.79 Å². The molecule has 3 N–H and O–H groups in total. The average molecular weight is 375 g/mol. The summed E-state index contributed by atoms with van der Waals surface area (Å²) in [5.41, 5.74) is 9.37. The van der Waals surface area contributed by atoms with Crippen LogP contribution in [0, 0.1) is 5.92 Å². The molecule has 1 saturated carbocycles. The van der Waals surface area contributed by atoms with E-state index < -0.39 is 0 Å². The Kier molecular flexibility index (Phi) is 7.49. The van der Waals surface area contributed by atoms with Crippen LogP contribution in [0.5, 0.6) is 5.75 Å². The fourth-order valence-electron chi connectivity index (χ4n) is 3.40. The minimum atomic E-state index is 0. The lowest BCUT2D eigenvalue weighted by Gasteiger charge is -2.25. The van der Waals surface area contributed by atoms with E-state index in [0.29, 0.717) is 6.54 Å². The lowest BCUT2D eigenvalue weighted by molar-refractivity contribution is -0.126. The second-order valence-electron chi connectivity index (χ2n) is 6.77. The Morgan fingerprint density at radius 1 is 1.08 bits per heavy atom. The van der Waals surface area contributed by atoms with Gasteiger partial charge in [-0.2, -0.15) is 0 Å². The van der Waals surface area contributed by atoms with Crippen LogP contribution in [0.25, 0.3) is 11.1 Å². The maximum absolute atomic E-state index is 12.3. The first-order valence-electron chi connectivity index (χ1n) is 8.92. The van der Waals surface area contributed by atoms with Crippen LogP contribution in [-0.2, 0) is 11.3 Å². The summed E-state index contributed by atoms with van der Waals surface area (Å²) in [4.78, 5) is 12.3. The van der Waals surface area contributed by atoms with Crippen LogP contribution in [0.2, 0.25) is 0 Å². The molecule has 2 aromatic carbocycles. The number of nitrogens with one attached hydrogen (secondary N) is 1. The van der Waals surface area contributed by atoms with Gasteiger partial charge in [0.2, 0.25) is 5.91 Å². The van der Waals surface area contributed by atoms with Gasteiger partial charge in [-0.25, -0.2) is 0 Å². The van der Waals surface area contributed by atoms with Crippen molar-refractivity contribution in [2.45, 2.75) is 38.3 Å². The maximum Gasteiger partial charge on any atom is 0.223 e. The van der Waals surface area contributed by atoms with Crippen molar-refractivity contribution >= 4 is 18.3 Å². The summed E-state index contributed by atoms with van der Waals surface area (Å²) < 4.78 is 5.19. The highest BCUT2D eigenvalue weighted by Crippen LogP contribution is 2.24. The van der Waals surface area contributed by atoms with E-state index in [2.05, 4.69) is 29.6 Å². The van der Waals surface area contributed by atoms with Crippen molar-refractivity contribution in [2.75, 3.05) is 7.11 Å². The topological polar surface area (TPSA) is 64.3 Å². The quantitative estimate of drug-likeness (QED) is 0.833. The van der Waals surface area contributed by atoms with Crippen molar-refractivity contribution < 1.29 is 9.53 Å². The number of hydrogen-bond acceptors (Lipinski definition) is 3. The Balaban J connectivity index is 0.00000243. The molecule has 4 nitrogen and oxygen atoms in total. The predicted octanol–water partition coefficient (Wildman–Crippen LogP) is 3.92. The number of hydrogen-bond donors (Lipinski definition) is 2. The summed E-state index contributed by atoms with van der Waals surface area (Å²) >= 11 is 0. The number of halogens is 1. The minimum Gasteiger partial charge on any atom is -0.497 e. The second-order valence-corrected chi connectivity index (χ2v) is 6.77. The van der Waals surface area contributed by atoms with Crippen molar-refractivity contribution in [3.63, 3.8) is 0 Å². The van der Waals surface area contributed by atoms with Crippen molar-refractivity contribution in [3.05, 3.63) is 54.1 Å². The number of amides is 1. The van der Waals surface area contributed by atoms with Crippen LogP contribution in [0.4, 0.5) is 0 Å². The van der Waals surface area contributed by atoms with E-state index in [-0.39, 0.29) is 30.3 Å². The fourth-order valence-corrected chi connectivity index (χ4v) is 3.40. The lowest BCUT2D eigenvalue weighted by atomic mass is 9.85. The lowest BCUT2D eigenvalue weighted by Crippen LogP contribution is -2.37. The summed E-state index contributed by atoms with van der Waals surface area (Å²) in [7, 11) is 1.67. The van der Waals surface area contributed by atoms with Crippen LogP contribution in [0.15, 0.2) is 48.5 Å². The molecule has 2 aromatic rings. The van der Waals surface area contributed by atoms with Crippen molar-refractivity contribution in [2.24, 2.45) is 11.7 Å². The van der Waals surface area contributed by atoms with Crippen LogP contribution >= 0.6 is 12.4 Å². The molecule has 2 atom stereocenters. The van der Waals surface area contributed by atoms with Crippen LogP contribution < -0.4 is 15.8 Å². The molecule has 0 aliphatic heterocycles. The zero-order chi connectivity index (χ0) is 17.6. The molecule has 2 unspecified atom stereocenters. The van der Waals surface area contributed by atoms with Gasteiger partial charge in [-0.3, -0.25) is 4.79 Å². The Labute approximate surface area is 161 Å². The predicted molar refractivity (Wildman–Crippen MR) is 107 cm³/mol. The van der Waals surface area contributed by atoms with Gasteiger partial charge in [-0.1, -0.05) is 42.8 Å². The largest absolute Gasteiger partial charge is 0.497 e. The van der Waals surface area contributed by atoms with Crippen LogP contribution in [0.3, 0.4) is 0 Å². The van der Waals surface area contributed by atoms with E-state index in [1.807, 2.05) is 24.3 Å². The number of nitrogens with two attached hydrogens (primary N) is 1. The van der Waals surface area contributed by atoms with Crippen LogP contribution in [-0.4, -0.2) is 19.1 Å². The number of ether oxygens (including phenoxy) is 1. The molecule has 140 valence electrons. The number of rotatable bonds is 5. The van der Waals surface area contributed by atoms with Gasteiger partial charge >= 0.3 is 0 Å². The standard InChI is InChI=1S/C21H26N2O2.ClH/c1-25-20-11-9-17(10-12-20)16-7-5-15(6-8-16)14-23-21(24)18-3-2-4-19(22)13-18;/h5-12,18-19H,2-4,13-14,22H2,1H3,(H,23,24);1H. The van der Waals surface area contributed by atoms with Crippen LogP contribution in [0.1, 0.15) is 31.2 Å². The Hall–Kier alpha value is -2.04. The zero-order valence-corrected chi connectivity index (χ0v) is 15.9. The number of methoxy groups -OCH3 is 1. The summed E-state index contributed by atoms with van der Waals surface area (Å²) in [5.74, 6) is 1.06. The molecule has 1 fully saturated rings. The normalized spacial score (nSPS) is 19.3. The third-order valence-corrected chi connectivity index (χ3v) is 4.93. The highest BCUT2D eigenvalue weighted by atomic mass is 35.5. The van der Waals surface area contributed by atoms with Gasteiger partial charge in [0.05, 0.1) is 7.11 Å². The maximum atomic E-state index is 12.3. The molecule has 0 heterocycles. The first-order valence-corrected chi connectivity index (χ1v) is 8.92. The zero-order valence-electron chi connectivity index (χ0n) is 15.1. The van der Waals surface area contributed by atoms with Crippen molar-refractivity contribution in [3.8, 4) is 16.9 Å². The Bertz CT molecular complexity index is 701. The minimum absolute atomic E-state index is 0. The summed E-state index contributed by atoms with van der Waals surface area (Å²) in [6.07, 6.45) is 3.85. The third kappa shape index (κ3) is 5.23. The third-order valence-electron chi connectivity index (χ3n) is 4.93. The van der Waals surface area contributed by atoms with Gasteiger partial charge < -0.3 is 15.8 Å². The molecule has 0 saturated heterocycles. The number of carbonyl (C=O) groups is 1. The number of carbonyl (C=O) groups excluding carboxylic acids is 1. The molecule has 0 radical (unpaired) electrons. The first kappa shape index (κ1) is 20.3. The van der Waals surface area contributed by atoms with Gasteiger partial charge in [0.1, 0.15) is 5.75 Å². The summed E-state index contributed by atoms with van der Waals surface area (Å²) in [6.45, 7) is 0.563. The first-order chi connectivity index (χ1) is 12.2. The van der Waals surface area contributed by atoms with E-state index >= 15 is 0 Å². The van der Waals surface area contributed by atoms with Gasteiger partial charge in [-0.05, 0) is 48.1 Å². The van der Waals surface area contributed by atoms with Crippen molar-refractivity contribution in [1.82, 2.24) is 5.32 Å². The van der Waals surface area contributed by atoms with Gasteiger partial charge in [0.25, 0.3) is 0 Å². The van der Waals surface area contributed by atoms with Gasteiger partial charge in [0, 0.05) is 18.5 Å².